The Morgan fingerprint density at radius 2 is 1.52 bits per heavy atom. The van der Waals surface area contributed by atoms with Gasteiger partial charge < -0.3 is 14.4 Å². The molecule has 0 aliphatic heterocycles. The van der Waals surface area contributed by atoms with Crippen LogP contribution in [0.25, 0.3) is 0 Å². The largest absolute Gasteiger partial charge is 0.465 e. The number of hydrogen-bond acceptors (Lipinski definition) is 7. The Morgan fingerprint density at radius 3 is 2.00 bits per heavy atom. The molecule has 0 aromatic heterocycles. The first-order chi connectivity index (χ1) is 12.0. The van der Waals surface area contributed by atoms with Crippen molar-refractivity contribution >= 4 is 17.8 Å². The summed E-state index contributed by atoms with van der Waals surface area (Å²) in [6.07, 6.45) is 0.215. The second kappa shape index (κ2) is 10.4. The SMILES string of the molecule is COC(=O)c1ccccc1C(=O)OCC(=O)N(CCC#N)CCC#N. The smallest absolute Gasteiger partial charge is 0.339 e. The first kappa shape index (κ1) is 19.7. The van der Waals surface area contributed by atoms with Crippen LogP contribution >= 0.6 is 0 Å². The number of carbonyl (C=O) groups excluding carboxylic acids is 3. The molecule has 0 heterocycles. The maximum atomic E-state index is 12.1. The Bertz CT molecular complexity index is 700. The molecule has 0 N–H and O–H groups in total. The quantitative estimate of drug-likeness (QED) is 0.652. The van der Waals surface area contributed by atoms with E-state index in [9.17, 15) is 14.4 Å². The summed E-state index contributed by atoms with van der Waals surface area (Å²) in [6, 6.07) is 9.75. The molecule has 0 fully saturated rings. The minimum absolute atomic E-state index is 0.0113. The van der Waals surface area contributed by atoms with Gasteiger partial charge in [-0.3, -0.25) is 4.79 Å². The van der Waals surface area contributed by atoms with Crippen molar-refractivity contribution < 1.29 is 23.9 Å². The Balaban J connectivity index is 2.75. The summed E-state index contributed by atoms with van der Waals surface area (Å²) in [4.78, 5) is 37.2. The summed E-state index contributed by atoms with van der Waals surface area (Å²) >= 11 is 0. The Morgan fingerprint density at radius 1 is 1.00 bits per heavy atom. The molecular weight excluding hydrogens is 326 g/mol. The molecular formula is C17H17N3O5. The first-order valence-electron chi connectivity index (χ1n) is 7.41. The standard InChI is InChI=1S/C17H17N3O5/c1-24-16(22)13-6-2-3-7-14(13)17(23)25-12-15(21)20(10-4-8-18)11-5-9-19/h2-3,6-7H,4-5,10-12H2,1H3. The Labute approximate surface area is 145 Å². The maximum absolute atomic E-state index is 12.1. The second-order valence-corrected chi connectivity index (χ2v) is 4.81. The third-order valence-electron chi connectivity index (χ3n) is 3.22. The van der Waals surface area contributed by atoms with Crippen molar-refractivity contribution in [2.24, 2.45) is 0 Å². The number of hydrogen-bond donors (Lipinski definition) is 0. The lowest BCUT2D eigenvalue weighted by atomic mass is 10.1. The summed E-state index contributed by atoms with van der Waals surface area (Å²) in [5.41, 5.74) is 0.0241. The van der Waals surface area contributed by atoms with E-state index in [2.05, 4.69) is 4.74 Å². The van der Waals surface area contributed by atoms with E-state index < -0.39 is 24.5 Å². The summed E-state index contributed by atoms with van der Waals surface area (Å²) in [5, 5.41) is 17.2. The molecule has 1 aromatic carbocycles. The van der Waals surface area contributed by atoms with E-state index in [1.54, 1.807) is 12.1 Å². The van der Waals surface area contributed by atoms with E-state index in [4.69, 9.17) is 15.3 Å². The highest BCUT2D eigenvalue weighted by Gasteiger charge is 2.20. The van der Waals surface area contributed by atoms with Crippen LogP contribution in [0.1, 0.15) is 33.6 Å². The molecule has 0 atom stereocenters. The van der Waals surface area contributed by atoms with Gasteiger partial charge in [-0.2, -0.15) is 10.5 Å². The van der Waals surface area contributed by atoms with Crippen LogP contribution in [0, 0.1) is 22.7 Å². The van der Waals surface area contributed by atoms with Crippen molar-refractivity contribution in [1.29, 1.82) is 10.5 Å². The highest BCUT2D eigenvalue weighted by Crippen LogP contribution is 2.12. The summed E-state index contributed by atoms with van der Waals surface area (Å²) in [6.45, 7) is -0.258. The zero-order valence-electron chi connectivity index (χ0n) is 13.7. The number of rotatable bonds is 8. The monoisotopic (exact) mass is 343 g/mol. The first-order valence-corrected chi connectivity index (χ1v) is 7.41. The Hall–Kier alpha value is -3.39. The van der Waals surface area contributed by atoms with E-state index in [1.807, 2.05) is 12.1 Å². The van der Waals surface area contributed by atoms with E-state index >= 15 is 0 Å². The number of ether oxygens (including phenoxy) is 2. The number of methoxy groups -OCH3 is 1. The van der Waals surface area contributed by atoms with Gasteiger partial charge in [-0.25, -0.2) is 9.59 Å². The second-order valence-electron chi connectivity index (χ2n) is 4.81. The lowest BCUT2D eigenvalue weighted by Crippen LogP contribution is -2.36. The van der Waals surface area contributed by atoms with Gasteiger partial charge in [0.25, 0.3) is 5.91 Å². The van der Waals surface area contributed by atoms with E-state index in [0.717, 1.165) is 0 Å². The summed E-state index contributed by atoms with van der Waals surface area (Å²) in [7, 11) is 1.19. The number of nitrogens with zero attached hydrogens (tertiary/aromatic N) is 3. The zero-order chi connectivity index (χ0) is 18.7. The fraction of sp³-hybridized carbons (Fsp3) is 0.353. The highest BCUT2D eigenvalue weighted by atomic mass is 16.5. The molecule has 0 saturated heterocycles. The van der Waals surface area contributed by atoms with Gasteiger partial charge in [0, 0.05) is 13.1 Å². The molecule has 0 aliphatic rings. The molecule has 0 bridgehead atoms. The van der Waals surface area contributed by atoms with Crippen LogP contribution in [0.3, 0.4) is 0 Å². The van der Waals surface area contributed by atoms with Crippen molar-refractivity contribution in [2.45, 2.75) is 12.8 Å². The fourth-order valence-corrected chi connectivity index (χ4v) is 1.98. The predicted octanol–water partition coefficient (Wildman–Crippen LogP) is 1.29. The van der Waals surface area contributed by atoms with Crippen LogP contribution in [0.5, 0.6) is 0 Å². The summed E-state index contributed by atoms with van der Waals surface area (Å²) in [5.74, 6) is -2.05. The molecule has 8 heteroatoms. The summed E-state index contributed by atoms with van der Waals surface area (Å²) < 4.78 is 9.56. The molecule has 8 nitrogen and oxygen atoms in total. The molecule has 0 spiro atoms. The van der Waals surface area contributed by atoms with Crippen molar-refractivity contribution in [3.05, 3.63) is 35.4 Å². The van der Waals surface area contributed by atoms with Crippen LogP contribution in [0.15, 0.2) is 24.3 Å². The molecule has 1 aromatic rings. The molecule has 1 rings (SSSR count). The average molecular weight is 343 g/mol. The third-order valence-corrected chi connectivity index (χ3v) is 3.22. The molecule has 25 heavy (non-hydrogen) atoms. The van der Waals surface area contributed by atoms with Crippen molar-refractivity contribution in [1.82, 2.24) is 4.90 Å². The minimum Gasteiger partial charge on any atom is -0.465 e. The van der Waals surface area contributed by atoms with Gasteiger partial charge in [0.05, 0.1) is 43.2 Å². The van der Waals surface area contributed by atoms with E-state index in [1.165, 1.54) is 24.1 Å². The number of esters is 2. The Kier molecular flexibility index (Phi) is 8.17. The van der Waals surface area contributed by atoms with Crippen molar-refractivity contribution in [2.75, 3.05) is 26.8 Å². The maximum Gasteiger partial charge on any atom is 0.339 e. The topological polar surface area (TPSA) is 120 Å². The van der Waals surface area contributed by atoms with Gasteiger partial charge in [0.1, 0.15) is 0 Å². The van der Waals surface area contributed by atoms with Crippen LogP contribution in [0.2, 0.25) is 0 Å². The van der Waals surface area contributed by atoms with E-state index in [0.29, 0.717) is 0 Å². The number of carbonyl (C=O) groups is 3. The number of amides is 1. The van der Waals surface area contributed by atoms with Crippen LogP contribution < -0.4 is 0 Å². The van der Waals surface area contributed by atoms with Crippen molar-refractivity contribution in [3.63, 3.8) is 0 Å². The predicted molar refractivity (Wildman–Crippen MR) is 85.1 cm³/mol. The lowest BCUT2D eigenvalue weighted by Gasteiger charge is -2.20. The van der Waals surface area contributed by atoms with Crippen LogP contribution in [0.4, 0.5) is 0 Å². The van der Waals surface area contributed by atoms with Gasteiger partial charge in [-0.05, 0) is 12.1 Å². The van der Waals surface area contributed by atoms with Gasteiger partial charge in [-0.15, -0.1) is 0 Å². The molecule has 130 valence electrons. The molecule has 0 unspecified atom stereocenters. The minimum atomic E-state index is -0.838. The average Bonchev–Trinajstić information content (AvgIpc) is 2.65. The van der Waals surface area contributed by atoms with Crippen LogP contribution in [-0.4, -0.2) is 49.6 Å². The van der Waals surface area contributed by atoms with Crippen molar-refractivity contribution in [3.8, 4) is 12.1 Å². The van der Waals surface area contributed by atoms with Gasteiger partial charge in [0.2, 0.25) is 0 Å². The normalized spacial score (nSPS) is 9.40. The molecule has 1 amide bonds. The van der Waals surface area contributed by atoms with Gasteiger partial charge in [-0.1, -0.05) is 12.1 Å². The lowest BCUT2D eigenvalue weighted by molar-refractivity contribution is -0.134. The third kappa shape index (κ3) is 5.96. The van der Waals surface area contributed by atoms with Gasteiger partial charge in [0.15, 0.2) is 6.61 Å². The zero-order valence-corrected chi connectivity index (χ0v) is 13.7. The van der Waals surface area contributed by atoms with Crippen LogP contribution in [-0.2, 0) is 14.3 Å². The van der Waals surface area contributed by atoms with Gasteiger partial charge >= 0.3 is 11.9 Å². The fourth-order valence-electron chi connectivity index (χ4n) is 1.98. The molecule has 0 aliphatic carbocycles. The molecule has 0 saturated carbocycles. The number of nitriles is 2. The number of benzene rings is 1. The van der Waals surface area contributed by atoms with E-state index in [-0.39, 0.29) is 37.1 Å². The molecule has 0 radical (unpaired) electrons. The highest BCUT2D eigenvalue weighted by molar-refractivity contribution is 6.03.